The van der Waals surface area contributed by atoms with Crippen molar-refractivity contribution in [2.24, 2.45) is 0 Å². The molecule has 2 aromatic carbocycles. The van der Waals surface area contributed by atoms with E-state index in [1.165, 1.54) is 0 Å². The van der Waals surface area contributed by atoms with Crippen molar-refractivity contribution in [1.29, 1.82) is 0 Å². The zero-order chi connectivity index (χ0) is 17.7. The Bertz CT molecular complexity index is 762. The molecule has 2 rings (SSSR count). The number of benzene rings is 2. The van der Waals surface area contributed by atoms with Gasteiger partial charge >= 0.3 is 11.9 Å². The molecular formula is C20H24O4. The van der Waals surface area contributed by atoms with Crippen molar-refractivity contribution in [1.82, 2.24) is 0 Å². The Balaban J connectivity index is 2.52. The molecule has 0 unspecified atom stereocenters. The fraction of sp³-hybridized carbons (Fsp3) is 0.400. The van der Waals surface area contributed by atoms with Gasteiger partial charge in [0.15, 0.2) is 0 Å². The molecule has 0 radical (unpaired) electrons. The van der Waals surface area contributed by atoms with Crippen LogP contribution in [0.5, 0.6) is 11.5 Å². The smallest absolute Gasteiger partial charge is 0.311 e. The lowest BCUT2D eigenvalue weighted by atomic mass is 10.0. The summed E-state index contributed by atoms with van der Waals surface area (Å²) in [6.45, 7) is 7.70. The number of hydrogen-bond acceptors (Lipinski definition) is 4. The maximum Gasteiger partial charge on any atom is 0.311 e. The SMILES string of the molecule is CCCC(=O)Oc1cc(C)c(OC(=O)CCC)c2cc(C)ccc12. The van der Waals surface area contributed by atoms with E-state index in [0.717, 1.165) is 34.7 Å². The monoisotopic (exact) mass is 328 g/mol. The third-order valence-electron chi connectivity index (χ3n) is 3.74. The molecule has 0 heterocycles. The molecule has 4 heteroatoms. The molecular weight excluding hydrogens is 304 g/mol. The van der Waals surface area contributed by atoms with E-state index in [1.54, 1.807) is 6.07 Å². The van der Waals surface area contributed by atoms with Gasteiger partial charge in [0.05, 0.1) is 0 Å². The fourth-order valence-corrected chi connectivity index (χ4v) is 2.58. The molecule has 0 N–H and O–H groups in total. The molecule has 0 aliphatic rings. The lowest BCUT2D eigenvalue weighted by molar-refractivity contribution is -0.135. The predicted molar refractivity (Wildman–Crippen MR) is 94.5 cm³/mol. The largest absolute Gasteiger partial charge is 0.426 e. The second-order valence-corrected chi connectivity index (χ2v) is 6.02. The van der Waals surface area contributed by atoms with Crippen LogP contribution >= 0.6 is 0 Å². The third kappa shape index (κ3) is 4.13. The molecule has 0 aromatic heterocycles. The van der Waals surface area contributed by atoms with E-state index >= 15 is 0 Å². The van der Waals surface area contributed by atoms with Crippen LogP contribution in [0.3, 0.4) is 0 Å². The number of esters is 2. The van der Waals surface area contributed by atoms with Crippen molar-refractivity contribution in [2.75, 3.05) is 0 Å². The number of rotatable bonds is 6. The average molecular weight is 328 g/mol. The number of aryl methyl sites for hydroxylation is 2. The third-order valence-corrected chi connectivity index (χ3v) is 3.74. The van der Waals surface area contributed by atoms with Crippen molar-refractivity contribution < 1.29 is 19.1 Å². The summed E-state index contributed by atoms with van der Waals surface area (Å²) < 4.78 is 11.1. The van der Waals surface area contributed by atoms with Gasteiger partial charge in [-0.2, -0.15) is 0 Å². The standard InChI is InChI=1S/C20H24O4/c1-5-7-18(21)23-17-12-14(4)20(24-19(22)8-6-2)16-11-13(3)9-10-15(16)17/h9-12H,5-8H2,1-4H3. The van der Waals surface area contributed by atoms with Crippen molar-refractivity contribution in [3.63, 3.8) is 0 Å². The topological polar surface area (TPSA) is 52.6 Å². The summed E-state index contributed by atoms with van der Waals surface area (Å²) in [6.07, 6.45) is 2.22. The van der Waals surface area contributed by atoms with Gasteiger partial charge in [-0.3, -0.25) is 9.59 Å². The molecule has 24 heavy (non-hydrogen) atoms. The van der Waals surface area contributed by atoms with Crippen LogP contribution in [0.15, 0.2) is 24.3 Å². The fourth-order valence-electron chi connectivity index (χ4n) is 2.58. The molecule has 0 fully saturated rings. The van der Waals surface area contributed by atoms with Crippen molar-refractivity contribution in [3.8, 4) is 11.5 Å². The van der Waals surface area contributed by atoms with E-state index in [9.17, 15) is 9.59 Å². The van der Waals surface area contributed by atoms with Crippen LogP contribution in [0, 0.1) is 13.8 Å². The Kier molecular flexibility index (Phi) is 5.96. The van der Waals surface area contributed by atoms with Gasteiger partial charge in [-0.05, 0) is 44.4 Å². The summed E-state index contributed by atoms with van der Waals surface area (Å²) in [5, 5.41) is 1.56. The summed E-state index contributed by atoms with van der Waals surface area (Å²) in [4.78, 5) is 23.8. The molecule has 0 saturated heterocycles. The highest BCUT2D eigenvalue weighted by Gasteiger charge is 2.16. The minimum Gasteiger partial charge on any atom is -0.426 e. The van der Waals surface area contributed by atoms with Gasteiger partial charge < -0.3 is 9.47 Å². The number of carbonyl (C=O) groups excluding carboxylic acids is 2. The molecule has 0 atom stereocenters. The average Bonchev–Trinajstić information content (AvgIpc) is 2.51. The Morgan fingerprint density at radius 1 is 0.875 bits per heavy atom. The highest BCUT2D eigenvalue weighted by Crippen LogP contribution is 2.37. The van der Waals surface area contributed by atoms with E-state index in [-0.39, 0.29) is 11.9 Å². The first kappa shape index (κ1) is 18.0. The molecule has 0 aliphatic heterocycles. The van der Waals surface area contributed by atoms with Crippen LogP contribution < -0.4 is 9.47 Å². The molecule has 0 saturated carbocycles. The highest BCUT2D eigenvalue weighted by molar-refractivity contribution is 5.97. The van der Waals surface area contributed by atoms with Crippen molar-refractivity contribution >= 4 is 22.7 Å². The van der Waals surface area contributed by atoms with Gasteiger partial charge in [-0.25, -0.2) is 0 Å². The molecule has 0 bridgehead atoms. The highest BCUT2D eigenvalue weighted by atomic mass is 16.5. The van der Waals surface area contributed by atoms with Crippen molar-refractivity contribution in [2.45, 2.75) is 53.4 Å². The van der Waals surface area contributed by atoms with E-state index in [2.05, 4.69) is 0 Å². The summed E-state index contributed by atoms with van der Waals surface area (Å²) in [5.74, 6) is 0.548. The number of hydrogen-bond donors (Lipinski definition) is 0. The van der Waals surface area contributed by atoms with E-state index in [1.807, 2.05) is 45.9 Å². The second kappa shape index (κ2) is 7.95. The Morgan fingerprint density at radius 3 is 2.12 bits per heavy atom. The van der Waals surface area contributed by atoms with E-state index in [4.69, 9.17) is 9.47 Å². The summed E-state index contributed by atoms with van der Waals surface area (Å²) in [6, 6.07) is 7.57. The molecule has 0 spiro atoms. The first-order valence-electron chi connectivity index (χ1n) is 8.41. The van der Waals surface area contributed by atoms with Crippen LogP contribution in [0.1, 0.15) is 50.7 Å². The molecule has 4 nitrogen and oxygen atoms in total. The second-order valence-electron chi connectivity index (χ2n) is 6.02. The quantitative estimate of drug-likeness (QED) is 0.561. The molecule has 128 valence electrons. The first-order valence-corrected chi connectivity index (χ1v) is 8.41. The van der Waals surface area contributed by atoms with Crippen LogP contribution in [-0.2, 0) is 9.59 Å². The van der Waals surface area contributed by atoms with Gasteiger partial charge in [0.1, 0.15) is 11.5 Å². The van der Waals surface area contributed by atoms with Crippen LogP contribution in [0.2, 0.25) is 0 Å². The Labute approximate surface area is 142 Å². The molecule has 2 aromatic rings. The van der Waals surface area contributed by atoms with Crippen LogP contribution in [0.25, 0.3) is 10.8 Å². The predicted octanol–water partition coefficient (Wildman–Crippen LogP) is 4.87. The zero-order valence-electron chi connectivity index (χ0n) is 14.8. The summed E-state index contributed by atoms with van der Waals surface area (Å²) in [5.41, 5.74) is 1.82. The molecule has 0 aliphatic carbocycles. The van der Waals surface area contributed by atoms with Gasteiger partial charge in [-0.1, -0.05) is 31.5 Å². The number of ether oxygens (including phenoxy) is 2. The van der Waals surface area contributed by atoms with Crippen LogP contribution in [0.4, 0.5) is 0 Å². The normalized spacial score (nSPS) is 10.7. The Morgan fingerprint density at radius 2 is 1.50 bits per heavy atom. The summed E-state index contributed by atoms with van der Waals surface area (Å²) >= 11 is 0. The lowest BCUT2D eigenvalue weighted by Crippen LogP contribution is -2.10. The zero-order valence-corrected chi connectivity index (χ0v) is 14.8. The first-order chi connectivity index (χ1) is 11.5. The number of fused-ring (bicyclic) bond motifs is 1. The number of carbonyl (C=O) groups is 2. The maximum atomic E-state index is 11.9. The molecule has 0 amide bonds. The van der Waals surface area contributed by atoms with E-state index < -0.39 is 0 Å². The van der Waals surface area contributed by atoms with Gasteiger partial charge in [-0.15, -0.1) is 0 Å². The Hall–Kier alpha value is -2.36. The van der Waals surface area contributed by atoms with Crippen molar-refractivity contribution in [3.05, 3.63) is 35.4 Å². The van der Waals surface area contributed by atoms with Gasteiger partial charge in [0, 0.05) is 23.6 Å². The van der Waals surface area contributed by atoms with Gasteiger partial charge in [0.2, 0.25) is 0 Å². The van der Waals surface area contributed by atoms with Crippen LogP contribution in [-0.4, -0.2) is 11.9 Å². The van der Waals surface area contributed by atoms with E-state index in [0.29, 0.717) is 24.3 Å². The van der Waals surface area contributed by atoms with Gasteiger partial charge in [0.25, 0.3) is 0 Å². The summed E-state index contributed by atoms with van der Waals surface area (Å²) in [7, 11) is 0. The maximum absolute atomic E-state index is 11.9. The lowest BCUT2D eigenvalue weighted by Gasteiger charge is -2.15. The minimum atomic E-state index is -0.255. The minimum absolute atomic E-state index is 0.251.